The number of thioether (sulfide) groups is 1. The number of carbonyl (C=O) groups excluding carboxylic acids is 3. The molecule has 10 N–H and O–H groups in total. The molecule has 12 nitrogen and oxygen atoms in total. The Morgan fingerprint density at radius 2 is 1.38 bits per heavy atom. The number of hydrogen-bond donors (Lipinski definition) is 7. The molecular formula is C21H41N7O5S. The van der Waals surface area contributed by atoms with E-state index in [2.05, 4.69) is 20.9 Å². The molecule has 0 aromatic carbocycles. The summed E-state index contributed by atoms with van der Waals surface area (Å²) in [5, 5.41) is 17.2. The third-order valence-electron chi connectivity index (χ3n) is 5.02. The summed E-state index contributed by atoms with van der Waals surface area (Å²) >= 11 is 1.56. The van der Waals surface area contributed by atoms with Crippen LogP contribution < -0.4 is 33.2 Å². The number of hydrogen-bond acceptors (Lipinski definition) is 7. The lowest BCUT2D eigenvalue weighted by Crippen LogP contribution is -2.59. The molecule has 0 saturated carbocycles. The Balaban J connectivity index is 5.26. The van der Waals surface area contributed by atoms with E-state index in [1.807, 2.05) is 6.26 Å². The number of guanidine groups is 1. The van der Waals surface area contributed by atoms with Crippen LogP contribution in [-0.2, 0) is 19.2 Å². The predicted octanol–water partition coefficient (Wildman–Crippen LogP) is -1.03. The number of carboxylic acid groups (broad SMARTS) is 1. The molecule has 3 amide bonds. The molecule has 0 radical (unpaired) electrons. The zero-order chi connectivity index (χ0) is 26.4. The molecule has 0 aliphatic carbocycles. The lowest BCUT2D eigenvalue weighted by atomic mass is 9.98. The topological polar surface area (TPSA) is 215 Å². The highest BCUT2D eigenvalue weighted by Gasteiger charge is 2.32. The molecule has 0 bridgehead atoms. The number of carbonyl (C=O) groups is 4. The van der Waals surface area contributed by atoms with Gasteiger partial charge in [-0.05, 0) is 43.1 Å². The van der Waals surface area contributed by atoms with Crippen molar-refractivity contribution in [1.82, 2.24) is 16.0 Å². The molecule has 0 saturated heterocycles. The molecule has 34 heavy (non-hydrogen) atoms. The van der Waals surface area contributed by atoms with Crippen molar-refractivity contribution in [1.29, 1.82) is 0 Å². The Bertz CT molecular complexity index is 714. The number of amides is 3. The summed E-state index contributed by atoms with van der Waals surface area (Å²) in [5.74, 6) is -2.84. The zero-order valence-electron chi connectivity index (χ0n) is 20.7. The summed E-state index contributed by atoms with van der Waals surface area (Å²) in [6.45, 7) is 7.20. The number of nitrogens with one attached hydrogen (secondary N) is 3. The van der Waals surface area contributed by atoms with Gasteiger partial charge < -0.3 is 38.3 Å². The van der Waals surface area contributed by atoms with Crippen molar-refractivity contribution in [2.75, 3.05) is 18.6 Å². The molecule has 0 aromatic heterocycles. The quantitative estimate of drug-likeness (QED) is 0.0777. The van der Waals surface area contributed by atoms with Gasteiger partial charge in [0.1, 0.15) is 18.1 Å². The summed E-state index contributed by atoms with van der Waals surface area (Å²) in [7, 11) is 0. The Kier molecular flexibility index (Phi) is 14.9. The first kappa shape index (κ1) is 31.5. The van der Waals surface area contributed by atoms with Crippen molar-refractivity contribution in [2.24, 2.45) is 34.0 Å². The van der Waals surface area contributed by atoms with Gasteiger partial charge in [0.2, 0.25) is 17.7 Å². The standard InChI is InChI=1S/C21H41N7O5S/c1-11(2)15(18(30)26-14(20(32)33)7-6-9-25-21(23)24)28-19(31)16(12(3)4)27-17(29)13(22)8-10-34-5/h11-16H,6-10,22H2,1-5H3,(H,26,30)(H,27,29)(H,28,31)(H,32,33)(H4,23,24,25). The van der Waals surface area contributed by atoms with Crippen molar-refractivity contribution >= 4 is 41.4 Å². The fourth-order valence-electron chi connectivity index (χ4n) is 2.97. The van der Waals surface area contributed by atoms with E-state index < -0.39 is 47.9 Å². The van der Waals surface area contributed by atoms with E-state index in [0.717, 1.165) is 0 Å². The van der Waals surface area contributed by atoms with E-state index >= 15 is 0 Å². The zero-order valence-corrected chi connectivity index (χ0v) is 21.5. The Hall–Kier alpha value is -2.54. The smallest absolute Gasteiger partial charge is 0.326 e. The van der Waals surface area contributed by atoms with Crippen molar-refractivity contribution < 1.29 is 24.3 Å². The maximum atomic E-state index is 13.0. The second kappa shape index (κ2) is 16.1. The first-order chi connectivity index (χ1) is 15.8. The van der Waals surface area contributed by atoms with E-state index in [0.29, 0.717) is 18.6 Å². The van der Waals surface area contributed by atoms with Gasteiger partial charge in [-0.1, -0.05) is 27.7 Å². The largest absolute Gasteiger partial charge is 0.480 e. The highest BCUT2D eigenvalue weighted by atomic mass is 32.2. The summed E-state index contributed by atoms with van der Waals surface area (Å²) < 4.78 is 0. The van der Waals surface area contributed by atoms with Crippen LogP contribution in [0.15, 0.2) is 4.99 Å². The maximum absolute atomic E-state index is 13.0. The average molecular weight is 504 g/mol. The van der Waals surface area contributed by atoms with E-state index in [9.17, 15) is 24.3 Å². The number of nitrogens with two attached hydrogens (primary N) is 3. The predicted molar refractivity (Wildman–Crippen MR) is 134 cm³/mol. The van der Waals surface area contributed by atoms with Crippen LogP contribution in [0.5, 0.6) is 0 Å². The number of carboxylic acids is 1. The van der Waals surface area contributed by atoms with Gasteiger partial charge in [-0.15, -0.1) is 0 Å². The minimum Gasteiger partial charge on any atom is -0.480 e. The lowest BCUT2D eigenvalue weighted by Gasteiger charge is -2.28. The van der Waals surface area contributed by atoms with Crippen molar-refractivity contribution in [3.8, 4) is 0 Å². The van der Waals surface area contributed by atoms with Crippen molar-refractivity contribution in [3.63, 3.8) is 0 Å². The van der Waals surface area contributed by atoms with Crippen molar-refractivity contribution in [3.05, 3.63) is 0 Å². The molecule has 0 aliphatic heterocycles. The van der Waals surface area contributed by atoms with E-state index in [1.54, 1.807) is 39.5 Å². The highest BCUT2D eigenvalue weighted by Crippen LogP contribution is 2.09. The number of rotatable bonds is 16. The van der Waals surface area contributed by atoms with Gasteiger partial charge in [-0.3, -0.25) is 19.4 Å². The van der Waals surface area contributed by atoms with Crippen LogP contribution in [0.2, 0.25) is 0 Å². The molecule has 0 aliphatic rings. The monoisotopic (exact) mass is 503 g/mol. The van der Waals surface area contributed by atoms with E-state index in [-0.39, 0.29) is 30.8 Å². The normalized spacial score (nSPS) is 14.6. The third-order valence-corrected chi connectivity index (χ3v) is 5.67. The van der Waals surface area contributed by atoms with Crippen LogP contribution in [0.1, 0.15) is 47.0 Å². The molecule has 0 rings (SSSR count). The lowest BCUT2D eigenvalue weighted by molar-refractivity contribution is -0.142. The summed E-state index contributed by atoms with van der Waals surface area (Å²) in [6, 6.07) is -3.83. The molecule has 0 spiro atoms. The summed E-state index contributed by atoms with van der Waals surface area (Å²) in [4.78, 5) is 53.6. The molecule has 4 atom stereocenters. The molecule has 196 valence electrons. The fourth-order valence-corrected chi connectivity index (χ4v) is 3.46. The van der Waals surface area contributed by atoms with Crippen LogP contribution in [0.25, 0.3) is 0 Å². The van der Waals surface area contributed by atoms with Crippen LogP contribution in [0, 0.1) is 11.8 Å². The Morgan fingerprint density at radius 3 is 1.82 bits per heavy atom. The summed E-state index contributed by atoms with van der Waals surface area (Å²) in [6.07, 6.45) is 2.82. The molecule has 0 fully saturated rings. The molecular weight excluding hydrogens is 462 g/mol. The molecule has 0 heterocycles. The summed E-state index contributed by atoms with van der Waals surface area (Å²) in [5.41, 5.74) is 16.4. The van der Waals surface area contributed by atoms with Gasteiger partial charge in [0, 0.05) is 6.54 Å². The van der Waals surface area contributed by atoms with Gasteiger partial charge in [0.25, 0.3) is 0 Å². The molecule has 0 aromatic rings. The van der Waals surface area contributed by atoms with Crippen LogP contribution in [0.4, 0.5) is 0 Å². The van der Waals surface area contributed by atoms with Crippen LogP contribution in [-0.4, -0.2) is 77.5 Å². The van der Waals surface area contributed by atoms with Gasteiger partial charge in [0.15, 0.2) is 5.96 Å². The van der Waals surface area contributed by atoms with E-state index in [1.165, 1.54) is 0 Å². The van der Waals surface area contributed by atoms with Crippen LogP contribution >= 0.6 is 11.8 Å². The van der Waals surface area contributed by atoms with Crippen molar-refractivity contribution in [2.45, 2.75) is 71.1 Å². The molecule has 4 unspecified atom stereocenters. The first-order valence-electron chi connectivity index (χ1n) is 11.3. The minimum atomic E-state index is -1.21. The Morgan fingerprint density at radius 1 is 0.882 bits per heavy atom. The minimum absolute atomic E-state index is 0.101. The first-order valence-corrected chi connectivity index (χ1v) is 12.6. The van der Waals surface area contributed by atoms with Gasteiger partial charge >= 0.3 is 5.97 Å². The number of nitrogens with zero attached hydrogens (tertiary/aromatic N) is 1. The van der Waals surface area contributed by atoms with Gasteiger partial charge in [-0.2, -0.15) is 11.8 Å². The maximum Gasteiger partial charge on any atom is 0.326 e. The number of aliphatic carboxylic acids is 1. The second-order valence-electron chi connectivity index (χ2n) is 8.70. The number of aliphatic imine (C=N–C) groups is 1. The second-order valence-corrected chi connectivity index (χ2v) is 9.68. The van der Waals surface area contributed by atoms with E-state index in [4.69, 9.17) is 17.2 Å². The SMILES string of the molecule is CSCCC(N)C(=O)NC(C(=O)NC(C(=O)NC(CCCN=C(N)N)C(=O)O)C(C)C)C(C)C. The highest BCUT2D eigenvalue weighted by molar-refractivity contribution is 7.98. The van der Waals surface area contributed by atoms with Crippen LogP contribution in [0.3, 0.4) is 0 Å². The van der Waals surface area contributed by atoms with Gasteiger partial charge in [-0.25, -0.2) is 4.79 Å². The third kappa shape index (κ3) is 12.1. The average Bonchev–Trinajstić information content (AvgIpc) is 2.74. The van der Waals surface area contributed by atoms with Gasteiger partial charge in [0.05, 0.1) is 6.04 Å². The fraction of sp³-hybridized carbons (Fsp3) is 0.762. The Labute approximate surface area is 205 Å². The molecule has 13 heteroatoms.